The van der Waals surface area contributed by atoms with E-state index in [1.807, 2.05) is 4.72 Å². The summed E-state index contributed by atoms with van der Waals surface area (Å²) in [4.78, 5) is 35.6. The molecular weight excluding hydrogens is 507 g/mol. The second kappa shape index (κ2) is 9.25. The molecule has 2 aromatic heterocycles. The highest BCUT2D eigenvalue weighted by atomic mass is 35.5. The van der Waals surface area contributed by atoms with Gasteiger partial charge in [0.05, 0.1) is 15.4 Å². The molecule has 2 aromatic carbocycles. The molecule has 0 fully saturated rings. The summed E-state index contributed by atoms with van der Waals surface area (Å²) in [6.07, 6.45) is 1.83. The number of carbonyl (C=O) groups is 2. The average molecular weight is 521 g/mol. The first-order valence-corrected chi connectivity index (χ1v) is 12.1. The Morgan fingerprint density at radius 3 is 2.47 bits per heavy atom. The van der Waals surface area contributed by atoms with Crippen molar-refractivity contribution < 1.29 is 22.4 Å². The van der Waals surface area contributed by atoms with Gasteiger partial charge < -0.3 is 10.6 Å². The minimum atomic E-state index is -4.07. The Labute approximate surface area is 200 Å². The molecule has 0 aliphatic heterocycles. The molecule has 0 atom stereocenters. The normalized spacial score (nSPS) is 11.2. The average Bonchev–Trinajstić information content (AvgIpc) is 3.23. The molecule has 34 heavy (non-hydrogen) atoms. The molecule has 2 heterocycles. The van der Waals surface area contributed by atoms with Gasteiger partial charge in [-0.15, -0.1) is 11.3 Å². The van der Waals surface area contributed by atoms with Crippen LogP contribution < -0.4 is 20.9 Å². The fourth-order valence-electron chi connectivity index (χ4n) is 3.12. The van der Waals surface area contributed by atoms with Crippen LogP contribution in [0.1, 0.15) is 0 Å². The van der Waals surface area contributed by atoms with Gasteiger partial charge >= 0.3 is 6.03 Å². The number of fused-ring (bicyclic) bond motifs is 1. The number of amides is 3. The van der Waals surface area contributed by atoms with Gasteiger partial charge in [-0.1, -0.05) is 11.6 Å². The van der Waals surface area contributed by atoms with Gasteiger partial charge in [-0.3, -0.25) is 14.2 Å². The zero-order chi connectivity index (χ0) is 24.5. The number of nitrogens with zero attached hydrogens (tertiary/aromatic N) is 1. The number of hydrogen-bond acceptors (Lipinski definition) is 6. The molecule has 9 nitrogen and oxygen atoms in total. The van der Waals surface area contributed by atoms with Crippen molar-refractivity contribution in [2.24, 2.45) is 0 Å². The van der Waals surface area contributed by atoms with E-state index < -0.39 is 27.4 Å². The summed E-state index contributed by atoms with van der Waals surface area (Å²) in [6, 6.07) is 11.7. The number of rotatable bonds is 6. The molecule has 0 unspecified atom stereocenters. The number of thiophene rings is 1. The van der Waals surface area contributed by atoms with Gasteiger partial charge in [0.25, 0.3) is 15.6 Å². The van der Waals surface area contributed by atoms with Crippen LogP contribution in [0, 0.1) is 5.82 Å². The van der Waals surface area contributed by atoms with E-state index in [9.17, 15) is 27.2 Å². The van der Waals surface area contributed by atoms with Crippen LogP contribution in [0.3, 0.4) is 0 Å². The number of anilines is 2. The molecule has 13 heteroatoms. The summed E-state index contributed by atoms with van der Waals surface area (Å²) in [5.41, 5.74) is 0.157. The highest BCUT2D eigenvalue weighted by Gasteiger charge is 2.20. The summed E-state index contributed by atoms with van der Waals surface area (Å²) < 4.78 is 41.9. The summed E-state index contributed by atoms with van der Waals surface area (Å²) in [6.45, 7) is 0. The second-order valence-corrected chi connectivity index (χ2v) is 10.5. The fourth-order valence-corrected chi connectivity index (χ4v) is 5.51. The summed E-state index contributed by atoms with van der Waals surface area (Å²) in [5, 5.41) is 5.17. The van der Waals surface area contributed by atoms with Crippen molar-refractivity contribution in [2.75, 3.05) is 10.6 Å². The van der Waals surface area contributed by atoms with Gasteiger partial charge in [0.2, 0.25) is 6.41 Å². The third-order valence-electron chi connectivity index (χ3n) is 4.65. The second-order valence-electron chi connectivity index (χ2n) is 6.84. The van der Waals surface area contributed by atoms with Gasteiger partial charge in [0.15, 0.2) is 0 Å². The molecule has 0 radical (unpaired) electrons. The van der Waals surface area contributed by atoms with Crippen LogP contribution >= 0.6 is 22.9 Å². The van der Waals surface area contributed by atoms with E-state index in [1.54, 1.807) is 6.07 Å². The number of hydrogen-bond donors (Lipinski definition) is 3. The molecule has 0 aliphatic carbocycles. The Bertz CT molecular complexity index is 1580. The Morgan fingerprint density at radius 2 is 1.82 bits per heavy atom. The van der Waals surface area contributed by atoms with Crippen LogP contribution in [-0.4, -0.2) is 25.4 Å². The van der Waals surface area contributed by atoms with Crippen LogP contribution in [0.5, 0.6) is 0 Å². The van der Waals surface area contributed by atoms with Crippen LogP contribution in [0.15, 0.2) is 69.8 Å². The van der Waals surface area contributed by atoms with Crippen LogP contribution in [0.2, 0.25) is 4.34 Å². The van der Waals surface area contributed by atoms with Crippen molar-refractivity contribution in [3.63, 3.8) is 0 Å². The lowest BCUT2D eigenvalue weighted by atomic mass is 10.1. The summed E-state index contributed by atoms with van der Waals surface area (Å²) in [7, 11) is -4.07. The molecule has 0 saturated carbocycles. The smallest absolute Gasteiger partial charge is 0.326 e. The van der Waals surface area contributed by atoms with Gasteiger partial charge in [-0.05, 0) is 60.0 Å². The van der Waals surface area contributed by atoms with Crippen LogP contribution in [0.25, 0.3) is 16.5 Å². The molecule has 0 saturated heterocycles. The predicted octanol–water partition coefficient (Wildman–Crippen LogP) is 3.92. The molecule has 0 bridgehead atoms. The molecule has 174 valence electrons. The third-order valence-corrected chi connectivity index (χ3v) is 7.70. The standard InChI is InChI=1S/C21H14ClFN4O5S2/c22-18-5-6-19(33-18)34(31,32)26-21(30)25-13-1-3-14(4-2-13)27-8-7-12-9-17(24-11-28)16(23)10-15(12)20(27)29/h1-11H,(H,24,28)(H2,25,26,30). The maximum Gasteiger partial charge on any atom is 0.333 e. The first-order chi connectivity index (χ1) is 16.2. The molecule has 3 amide bonds. The number of aromatic nitrogens is 1. The SMILES string of the molecule is O=CNc1cc2ccn(-c3ccc(NC(=O)NS(=O)(=O)c4ccc(Cl)s4)cc3)c(=O)c2cc1F. The van der Waals surface area contributed by atoms with Crippen molar-refractivity contribution >= 4 is 67.5 Å². The monoisotopic (exact) mass is 520 g/mol. The number of urea groups is 1. The summed E-state index contributed by atoms with van der Waals surface area (Å²) >= 11 is 6.55. The molecule has 3 N–H and O–H groups in total. The Hall–Kier alpha value is -3.74. The predicted molar refractivity (Wildman–Crippen MR) is 128 cm³/mol. The lowest BCUT2D eigenvalue weighted by Crippen LogP contribution is -2.33. The fraction of sp³-hybridized carbons (Fsp3) is 0. The highest BCUT2D eigenvalue weighted by molar-refractivity contribution is 7.92. The maximum atomic E-state index is 14.2. The van der Waals surface area contributed by atoms with E-state index in [0.29, 0.717) is 17.5 Å². The topological polar surface area (TPSA) is 126 Å². The first kappa shape index (κ1) is 23.4. The maximum absolute atomic E-state index is 14.2. The van der Waals surface area contributed by atoms with Gasteiger partial charge in [0, 0.05) is 17.6 Å². The third kappa shape index (κ3) is 4.78. The minimum Gasteiger partial charge on any atom is -0.326 e. The van der Waals surface area contributed by atoms with Crippen molar-refractivity contribution in [1.82, 2.24) is 9.29 Å². The zero-order valence-corrected chi connectivity index (χ0v) is 19.3. The first-order valence-electron chi connectivity index (χ1n) is 9.42. The van der Waals surface area contributed by atoms with Crippen LogP contribution in [0.4, 0.5) is 20.6 Å². The van der Waals surface area contributed by atoms with E-state index >= 15 is 0 Å². The van der Waals surface area contributed by atoms with E-state index in [-0.39, 0.29) is 25.3 Å². The molecule has 4 aromatic rings. The molecule has 0 spiro atoms. The van der Waals surface area contributed by atoms with Gasteiger partial charge in [0.1, 0.15) is 10.0 Å². The Morgan fingerprint density at radius 1 is 1.09 bits per heavy atom. The molecule has 0 aliphatic rings. The number of carbonyl (C=O) groups excluding carboxylic acids is 2. The van der Waals surface area contributed by atoms with Crippen molar-refractivity contribution in [3.8, 4) is 5.69 Å². The zero-order valence-electron chi connectivity index (χ0n) is 16.9. The highest BCUT2D eigenvalue weighted by Crippen LogP contribution is 2.25. The number of sulfonamides is 1. The minimum absolute atomic E-state index is 0.0439. The molecule has 4 rings (SSSR count). The largest absolute Gasteiger partial charge is 0.333 e. The number of halogens is 2. The van der Waals surface area contributed by atoms with Gasteiger partial charge in [-0.25, -0.2) is 22.3 Å². The molecular formula is C21H14ClFN4O5S2. The Kier molecular flexibility index (Phi) is 6.37. The van der Waals surface area contributed by atoms with Crippen molar-refractivity contribution in [2.45, 2.75) is 4.21 Å². The number of benzene rings is 2. The van der Waals surface area contributed by atoms with Gasteiger partial charge in [-0.2, -0.15) is 0 Å². The van der Waals surface area contributed by atoms with E-state index in [1.165, 1.54) is 53.2 Å². The van der Waals surface area contributed by atoms with Crippen molar-refractivity contribution in [3.05, 3.63) is 81.3 Å². The quantitative estimate of drug-likeness (QED) is 0.332. The lowest BCUT2D eigenvalue weighted by Gasteiger charge is -2.11. The van der Waals surface area contributed by atoms with E-state index in [4.69, 9.17) is 11.6 Å². The van der Waals surface area contributed by atoms with E-state index in [0.717, 1.165) is 17.4 Å². The van der Waals surface area contributed by atoms with E-state index in [2.05, 4.69) is 10.6 Å². The number of nitrogens with one attached hydrogen (secondary N) is 3. The van der Waals surface area contributed by atoms with Crippen molar-refractivity contribution in [1.29, 1.82) is 0 Å². The lowest BCUT2D eigenvalue weighted by molar-refractivity contribution is -0.105. The number of pyridine rings is 1. The van der Waals surface area contributed by atoms with Crippen LogP contribution in [-0.2, 0) is 14.8 Å². The summed E-state index contributed by atoms with van der Waals surface area (Å²) in [5.74, 6) is -0.750. The Balaban J connectivity index is 1.53.